The number of amides is 2. The Morgan fingerprint density at radius 3 is 1.93 bits per heavy atom. The summed E-state index contributed by atoms with van der Waals surface area (Å²) in [6.45, 7) is 5.38. The molecule has 2 bridgehead atoms. The number of nitrogens with one attached hydrogen (secondary N) is 2. The summed E-state index contributed by atoms with van der Waals surface area (Å²) in [4.78, 5) is 22.8. The minimum atomic E-state index is -0.683. The van der Waals surface area contributed by atoms with Gasteiger partial charge in [0.2, 0.25) is 0 Å². The normalized spacial score (nSPS) is 28.7. The van der Waals surface area contributed by atoms with Crippen molar-refractivity contribution in [2.45, 2.75) is 116 Å². The van der Waals surface area contributed by atoms with Crippen LogP contribution in [0.2, 0.25) is 0 Å². The van der Waals surface area contributed by atoms with E-state index in [0.717, 1.165) is 62.8 Å². The molecule has 5 nitrogen and oxygen atoms in total. The van der Waals surface area contributed by atoms with E-state index in [1.807, 2.05) is 0 Å². The zero-order chi connectivity index (χ0) is 21.1. The summed E-state index contributed by atoms with van der Waals surface area (Å²) < 4.78 is 0. The molecular formula is C24H44N2O3. The predicted octanol–water partition coefficient (Wildman–Crippen LogP) is 5.88. The molecule has 0 heterocycles. The van der Waals surface area contributed by atoms with Crippen LogP contribution in [0.4, 0.5) is 4.79 Å². The molecule has 0 saturated heterocycles. The molecule has 5 heteroatoms. The first-order valence-corrected chi connectivity index (χ1v) is 12.1. The molecule has 29 heavy (non-hydrogen) atoms. The zero-order valence-corrected chi connectivity index (χ0v) is 18.8. The van der Waals surface area contributed by atoms with Crippen molar-refractivity contribution >= 4 is 12.0 Å². The quantitative estimate of drug-likeness (QED) is 0.333. The lowest BCUT2D eigenvalue weighted by atomic mass is 9.63. The Bertz CT molecular complexity index is 490. The molecule has 2 atom stereocenters. The largest absolute Gasteiger partial charge is 0.481 e. The molecule has 2 aliphatic rings. The van der Waals surface area contributed by atoms with Gasteiger partial charge in [-0.15, -0.1) is 0 Å². The highest BCUT2D eigenvalue weighted by Gasteiger charge is 2.41. The minimum absolute atomic E-state index is 0.0156. The Morgan fingerprint density at radius 1 is 0.862 bits per heavy atom. The Labute approximate surface area is 177 Å². The zero-order valence-electron chi connectivity index (χ0n) is 18.8. The van der Waals surface area contributed by atoms with Gasteiger partial charge in [0.25, 0.3) is 0 Å². The van der Waals surface area contributed by atoms with Crippen molar-refractivity contribution < 1.29 is 14.7 Å². The van der Waals surface area contributed by atoms with Crippen molar-refractivity contribution in [2.75, 3.05) is 6.54 Å². The van der Waals surface area contributed by atoms with Crippen LogP contribution in [0.15, 0.2) is 0 Å². The molecule has 3 N–H and O–H groups in total. The Hall–Kier alpha value is -1.26. The number of carboxylic acids is 1. The standard InChI is InChI=1S/C24H44N2O3/c1-19-14-20-16-21(15-19)18-24(2,17-20)26-23(29)25-13-11-9-7-5-3-4-6-8-10-12-22(27)28/h19-21H,3-18H2,1-2H3,(H,27,28)(H2,25,26,29). The summed E-state index contributed by atoms with van der Waals surface area (Å²) in [6, 6.07) is 0.0156. The fourth-order valence-electron chi connectivity index (χ4n) is 5.85. The van der Waals surface area contributed by atoms with Crippen LogP contribution in [0, 0.1) is 17.8 Å². The molecular weight excluding hydrogens is 364 g/mol. The van der Waals surface area contributed by atoms with Crippen LogP contribution in [-0.4, -0.2) is 29.2 Å². The number of urea groups is 1. The van der Waals surface area contributed by atoms with Gasteiger partial charge in [0.1, 0.15) is 0 Å². The third kappa shape index (κ3) is 9.86. The summed E-state index contributed by atoms with van der Waals surface area (Å²) in [7, 11) is 0. The van der Waals surface area contributed by atoms with E-state index in [-0.39, 0.29) is 11.6 Å². The molecule has 0 aliphatic heterocycles. The fourth-order valence-corrected chi connectivity index (χ4v) is 5.85. The molecule has 0 aromatic carbocycles. The van der Waals surface area contributed by atoms with E-state index in [0.29, 0.717) is 6.42 Å². The maximum atomic E-state index is 12.3. The molecule has 0 spiro atoms. The van der Waals surface area contributed by atoms with Crippen LogP contribution in [0.5, 0.6) is 0 Å². The van der Waals surface area contributed by atoms with Crippen molar-refractivity contribution in [1.29, 1.82) is 0 Å². The first-order valence-electron chi connectivity index (χ1n) is 12.1. The third-order valence-electron chi connectivity index (χ3n) is 6.88. The van der Waals surface area contributed by atoms with E-state index in [1.54, 1.807) is 0 Å². The highest BCUT2D eigenvalue weighted by atomic mass is 16.4. The van der Waals surface area contributed by atoms with Gasteiger partial charge in [0.15, 0.2) is 0 Å². The second-order valence-corrected chi connectivity index (χ2v) is 10.2. The first kappa shape index (κ1) is 24.0. The number of unbranched alkanes of at least 4 members (excludes halogenated alkanes) is 8. The fraction of sp³-hybridized carbons (Fsp3) is 0.917. The Kier molecular flexibility index (Phi) is 10.3. The number of carbonyl (C=O) groups excluding carboxylic acids is 1. The van der Waals surface area contributed by atoms with E-state index >= 15 is 0 Å². The average Bonchev–Trinajstić information content (AvgIpc) is 2.60. The van der Waals surface area contributed by atoms with Gasteiger partial charge in [0, 0.05) is 18.5 Å². The Balaban J connectivity index is 1.44. The predicted molar refractivity (Wildman–Crippen MR) is 118 cm³/mol. The van der Waals surface area contributed by atoms with Crippen LogP contribution in [0.3, 0.4) is 0 Å². The number of carbonyl (C=O) groups is 2. The first-order chi connectivity index (χ1) is 13.9. The second kappa shape index (κ2) is 12.4. The van der Waals surface area contributed by atoms with Gasteiger partial charge in [-0.05, 0) is 69.6 Å². The number of fused-ring (bicyclic) bond motifs is 2. The molecule has 0 aromatic rings. The lowest BCUT2D eigenvalue weighted by Gasteiger charge is -2.47. The van der Waals surface area contributed by atoms with Crippen molar-refractivity contribution in [2.24, 2.45) is 17.8 Å². The van der Waals surface area contributed by atoms with Gasteiger partial charge in [-0.25, -0.2) is 4.79 Å². The number of hydrogen-bond acceptors (Lipinski definition) is 2. The SMILES string of the molecule is CC1CC2CC(C1)CC(C)(NC(=O)NCCCCCCCCCCCC(=O)O)C2. The molecule has 168 valence electrons. The number of aliphatic carboxylic acids is 1. The summed E-state index contributed by atoms with van der Waals surface area (Å²) in [5.41, 5.74) is -0.0255. The van der Waals surface area contributed by atoms with Crippen LogP contribution in [-0.2, 0) is 4.79 Å². The van der Waals surface area contributed by atoms with Crippen LogP contribution >= 0.6 is 0 Å². The molecule has 2 rings (SSSR count). The third-order valence-corrected chi connectivity index (χ3v) is 6.88. The smallest absolute Gasteiger partial charge is 0.315 e. The van der Waals surface area contributed by atoms with E-state index in [1.165, 1.54) is 51.4 Å². The number of rotatable bonds is 13. The van der Waals surface area contributed by atoms with Gasteiger partial charge in [-0.3, -0.25) is 4.79 Å². The monoisotopic (exact) mass is 408 g/mol. The summed E-state index contributed by atoms with van der Waals surface area (Å²) in [5.74, 6) is 1.76. The van der Waals surface area contributed by atoms with Crippen LogP contribution in [0.25, 0.3) is 0 Å². The van der Waals surface area contributed by atoms with Gasteiger partial charge in [0.05, 0.1) is 0 Å². The van der Waals surface area contributed by atoms with Gasteiger partial charge in [-0.2, -0.15) is 0 Å². The second-order valence-electron chi connectivity index (χ2n) is 10.2. The van der Waals surface area contributed by atoms with Crippen molar-refractivity contribution in [1.82, 2.24) is 10.6 Å². The minimum Gasteiger partial charge on any atom is -0.481 e. The molecule has 2 fully saturated rings. The summed E-state index contributed by atoms with van der Waals surface area (Å²) in [6.07, 6.45) is 16.7. The van der Waals surface area contributed by atoms with Crippen molar-refractivity contribution in [3.63, 3.8) is 0 Å². The van der Waals surface area contributed by atoms with Gasteiger partial charge < -0.3 is 15.7 Å². The van der Waals surface area contributed by atoms with Gasteiger partial charge >= 0.3 is 12.0 Å². The number of carboxylic acid groups (broad SMARTS) is 1. The molecule has 2 saturated carbocycles. The van der Waals surface area contributed by atoms with Crippen LogP contribution in [0.1, 0.15) is 110 Å². The van der Waals surface area contributed by atoms with Crippen LogP contribution < -0.4 is 10.6 Å². The van der Waals surface area contributed by atoms with Gasteiger partial charge in [-0.1, -0.05) is 51.9 Å². The summed E-state index contributed by atoms with van der Waals surface area (Å²) in [5, 5.41) is 15.0. The molecule has 0 aromatic heterocycles. The maximum Gasteiger partial charge on any atom is 0.315 e. The van der Waals surface area contributed by atoms with E-state index in [9.17, 15) is 9.59 Å². The summed E-state index contributed by atoms with van der Waals surface area (Å²) >= 11 is 0. The maximum absolute atomic E-state index is 12.3. The highest BCUT2D eigenvalue weighted by molar-refractivity contribution is 5.74. The lowest BCUT2D eigenvalue weighted by Crippen LogP contribution is -2.55. The van der Waals surface area contributed by atoms with E-state index in [2.05, 4.69) is 24.5 Å². The van der Waals surface area contributed by atoms with Crippen molar-refractivity contribution in [3.05, 3.63) is 0 Å². The topological polar surface area (TPSA) is 78.4 Å². The highest BCUT2D eigenvalue weighted by Crippen LogP contribution is 2.46. The number of hydrogen-bond donors (Lipinski definition) is 3. The molecule has 2 unspecified atom stereocenters. The van der Waals surface area contributed by atoms with E-state index < -0.39 is 5.97 Å². The molecule has 2 amide bonds. The van der Waals surface area contributed by atoms with E-state index in [4.69, 9.17) is 5.11 Å². The molecule has 2 aliphatic carbocycles. The molecule has 0 radical (unpaired) electrons. The van der Waals surface area contributed by atoms with Crippen molar-refractivity contribution in [3.8, 4) is 0 Å². The average molecular weight is 409 g/mol. The lowest BCUT2D eigenvalue weighted by molar-refractivity contribution is -0.137. The Morgan fingerprint density at radius 2 is 1.38 bits per heavy atom.